The first-order valence-electron chi connectivity index (χ1n) is 4.19. The Kier molecular flexibility index (Phi) is 1.16. The summed E-state index contributed by atoms with van der Waals surface area (Å²) in [6, 6.07) is 1.71. The van der Waals surface area contributed by atoms with Crippen molar-refractivity contribution in [3.05, 3.63) is 24.0 Å². The molecule has 72 valence electrons. The van der Waals surface area contributed by atoms with E-state index in [0.29, 0.717) is 17.2 Å². The molecule has 0 bridgehead atoms. The van der Waals surface area contributed by atoms with Crippen molar-refractivity contribution < 1.29 is 19.3 Å². The van der Waals surface area contributed by atoms with Gasteiger partial charge in [-0.25, -0.2) is 0 Å². The van der Waals surface area contributed by atoms with Gasteiger partial charge in [0.05, 0.1) is 12.7 Å². The summed E-state index contributed by atoms with van der Waals surface area (Å²) in [5.74, 6) is 2.35. The topological polar surface area (TPSA) is 54.5 Å². The van der Waals surface area contributed by atoms with Crippen molar-refractivity contribution in [3.63, 3.8) is 0 Å². The maximum absolute atomic E-state index is 9.53. The quantitative estimate of drug-likeness (QED) is 0.740. The lowest BCUT2D eigenvalue weighted by molar-refractivity contribution is 0.370. The lowest BCUT2D eigenvalue weighted by Gasteiger charge is -2.00. The molecule has 2 aliphatic rings. The lowest BCUT2D eigenvalue weighted by atomic mass is 10.1. The average Bonchev–Trinajstić information content (AvgIpc) is 3.02. The second-order valence-corrected chi connectivity index (χ2v) is 3.24. The summed E-state index contributed by atoms with van der Waals surface area (Å²) in [6.45, 7) is 3.69. The van der Waals surface area contributed by atoms with E-state index in [1.54, 1.807) is 6.07 Å². The third kappa shape index (κ3) is 0.824. The molecule has 14 heavy (non-hydrogen) atoms. The molecule has 1 saturated heterocycles. The van der Waals surface area contributed by atoms with Gasteiger partial charge in [-0.15, -0.1) is 0 Å². The molecule has 1 aromatic rings. The van der Waals surface area contributed by atoms with E-state index in [2.05, 4.69) is 6.58 Å². The highest BCUT2D eigenvalue weighted by molar-refractivity contribution is 5.72. The van der Waals surface area contributed by atoms with Crippen molar-refractivity contribution in [2.45, 2.75) is 6.10 Å². The molecule has 0 spiro atoms. The standard InChI is InChI=1S/C10H8O4/c1-4-8(13-4)5-3-6(12-2)7(11)10-9(5)14-10/h3,8,11H,1H2,2H3. The van der Waals surface area contributed by atoms with E-state index in [-0.39, 0.29) is 11.9 Å². The summed E-state index contributed by atoms with van der Waals surface area (Å²) >= 11 is 0. The summed E-state index contributed by atoms with van der Waals surface area (Å²) in [7, 11) is 1.50. The van der Waals surface area contributed by atoms with Gasteiger partial charge in [0.15, 0.2) is 17.6 Å². The molecule has 0 radical (unpaired) electrons. The molecule has 0 saturated carbocycles. The molecule has 3 rings (SSSR count). The Bertz CT molecular complexity index is 450. The minimum atomic E-state index is -0.0965. The molecule has 0 aliphatic carbocycles. The largest absolute Gasteiger partial charge is 0.502 e. The molecule has 0 aromatic heterocycles. The van der Waals surface area contributed by atoms with Crippen molar-refractivity contribution in [3.8, 4) is 23.0 Å². The first-order chi connectivity index (χ1) is 6.72. The van der Waals surface area contributed by atoms with E-state index < -0.39 is 0 Å². The van der Waals surface area contributed by atoms with Gasteiger partial charge in [-0.05, 0) is 6.07 Å². The summed E-state index contributed by atoms with van der Waals surface area (Å²) in [4.78, 5) is 0. The van der Waals surface area contributed by atoms with Gasteiger partial charge in [0, 0.05) is 0 Å². The number of phenols is 1. The maximum Gasteiger partial charge on any atom is 0.216 e. The molecule has 1 fully saturated rings. The van der Waals surface area contributed by atoms with Gasteiger partial charge in [0.1, 0.15) is 5.76 Å². The van der Waals surface area contributed by atoms with Crippen LogP contribution in [0.5, 0.6) is 23.0 Å². The smallest absolute Gasteiger partial charge is 0.216 e. The van der Waals surface area contributed by atoms with Gasteiger partial charge in [0.2, 0.25) is 11.5 Å². The number of hydrogen-bond acceptors (Lipinski definition) is 4. The van der Waals surface area contributed by atoms with Crippen molar-refractivity contribution >= 4 is 0 Å². The monoisotopic (exact) mass is 192 g/mol. The molecule has 1 aromatic carbocycles. The van der Waals surface area contributed by atoms with E-state index in [0.717, 1.165) is 11.3 Å². The highest BCUT2D eigenvalue weighted by atomic mass is 16.6. The van der Waals surface area contributed by atoms with Gasteiger partial charge in [-0.3, -0.25) is 0 Å². The van der Waals surface area contributed by atoms with E-state index in [9.17, 15) is 5.11 Å². The zero-order chi connectivity index (χ0) is 9.87. The minimum absolute atomic E-state index is 0.0533. The van der Waals surface area contributed by atoms with Crippen LogP contribution in [0.2, 0.25) is 0 Å². The maximum atomic E-state index is 9.53. The van der Waals surface area contributed by atoms with Gasteiger partial charge in [-0.2, -0.15) is 0 Å². The Morgan fingerprint density at radius 2 is 2.21 bits per heavy atom. The predicted octanol–water partition coefficient (Wildman–Crippen LogP) is 2.09. The van der Waals surface area contributed by atoms with Crippen LogP contribution in [0.15, 0.2) is 18.4 Å². The molecule has 1 N–H and O–H groups in total. The zero-order valence-corrected chi connectivity index (χ0v) is 7.53. The molecular formula is C10H8O4. The lowest BCUT2D eigenvalue weighted by Crippen LogP contribution is -1.83. The van der Waals surface area contributed by atoms with Crippen LogP contribution < -0.4 is 9.47 Å². The fourth-order valence-electron chi connectivity index (χ4n) is 1.51. The summed E-state index contributed by atoms with van der Waals surface area (Å²) in [5.41, 5.74) is 0.875. The van der Waals surface area contributed by atoms with Crippen molar-refractivity contribution in [2.75, 3.05) is 7.11 Å². The molecule has 1 unspecified atom stereocenters. The SMILES string of the molecule is C=C1OC1c1cc(OC)c(O)c2c1O2. The van der Waals surface area contributed by atoms with Crippen molar-refractivity contribution in [2.24, 2.45) is 0 Å². The molecule has 4 heteroatoms. The molecular weight excluding hydrogens is 184 g/mol. The molecule has 1 atom stereocenters. The van der Waals surface area contributed by atoms with Crippen molar-refractivity contribution in [1.29, 1.82) is 0 Å². The van der Waals surface area contributed by atoms with Gasteiger partial charge < -0.3 is 19.3 Å². The van der Waals surface area contributed by atoms with Crippen LogP contribution >= 0.6 is 0 Å². The molecule has 0 amide bonds. The number of benzene rings is 1. The predicted molar refractivity (Wildman–Crippen MR) is 47.7 cm³/mol. The zero-order valence-electron chi connectivity index (χ0n) is 7.53. The van der Waals surface area contributed by atoms with Crippen LogP contribution in [0, 0.1) is 0 Å². The van der Waals surface area contributed by atoms with Crippen LogP contribution in [-0.4, -0.2) is 12.2 Å². The van der Waals surface area contributed by atoms with Crippen LogP contribution in [0.25, 0.3) is 0 Å². The minimum Gasteiger partial charge on any atom is -0.502 e. The molecule has 4 nitrogen and oxygen atoms in total. The Balaban J connectivity index is 2.11. The third-order valence-corrected chi connectivity index (χ3v) is 2.37. The van der Waals surface area contributed by atoms with E-state index >= 15 is 0 Å². The number of aromatic hydroxyl groups is 1. The van der Waals surface area contributed by atoms with Gasteiger partial charge >= 0.3 is 0 Å². The van der Waals surface area contributed by atoms with E-state index in [1.165, 1.54) is 7.11 Å². The highest BCUT2D eigenvalue weighted by Crippen LogP contribution is 2.62. The van der Waals surface area contributed by atoms with Crippen molar-refractivity contribution in [1.82, 2.24) is 0 Å². The fourth-order valence-corrected chi connectivity index (χ4v) is 1.51. The number of ether oxygens (including phenoxy) is 3. The summed E-state index contributed by atoms with van der Waals surface area (Å²) in [6.07, 6.45) is -0.0965. The van der Waals surface area contributed by atoms with Crippen LogP contribution in [0.3, 0.4) is 0 Å². The number of hydrogen-bond donors (Lipinski definition) is 1. The Labute approximate surface area is 80.3 Å². The average molecular weight is 192 g/mol. The Morgan fingerprint density at radius 1 is 1.50 bits per heavy atom. The van der Waals surface area contributed by atoms with Gasteiger partial charge in [-0.1, -0.05) is 6.58 Å². The summed E-state index contributed by atoms with van der Waals surface area (Å²) < 4.78 is 15.3. The normalized spacial score (nSPS) is 20.6. The third-order valence-electron chi connectivity index (χ3n) is 2.37. The van der Waals surface area contributed by atoms with E-state index in [4.69, 9.17) is 14.2 Å². The molecule has 2 heterocycles. The Hall–Kier alpha value is -1.84. The fraction of sp³-hybridized carbons (Fsp3) is 0.200. The number of phenolic OH excluding ortho intramolecular Hbond substituents is 1. The molecule has 2 aliphatic heterocycles. The second kappa shape index (κ2) is 2.15. The Morgan fingerprint density at radius 3 is 2.79 bits per heavy atom. The van der Waals surface area contributed by atoms with E-state index in [1.807, 2.05) is 0 Å². The van der Waals surface area contributed by atoms with Crippen LogP contribution in [0.1, 0.15) is 11.7 Å². The highest BCUT2D eigenvalue weighted by Gasteiger charge is 2.43. The van der Waals surface area contributed by atoms with Crippen LogP contribution in [-0.2, 0) is 4.74 Å². The number of fused-ring (bicyclic) bond motifs is 1. The first-order valence-corrected chi connectivity index (χ1v) is 4.19. The van der Waals surface area contributed by atoms with Crippen LogP contribution in [0.4, 0.5) is 0 Å². The number of epoxide rings is 1. The second-order valence-electron chi connectivity index (χ2n) is 3.24. The first kappa shape index (κ1) is 7.55. The summed E-state index contributed by atoms with van der Waals surface area (Å²) in [5, 5.41) is 9.53. The number of rotatable bonds is 2. The number of methoxy groups -OCH3 is 1. The van der Waals surface area contributed by atoms with Gasteiger partial charge in [0.25, 0.3) is 0 Å².